The molecule has 0 spiro atoms. The van der Waals surface area contributed by atoms with Crippen LogP contribution in [-0.2, 0) is 16.0 Å². The standard InChI is InChI=1S/C20H26N2O2S.ClH/c1-2-3-5-15-7-9-16(10-8-15)19(18-6-4-13-25-18)22-20(23)17-14-21-11-12-24-17;/h4,6-10,13,17,19,21H,2-3,5,11-12,14H2,1H3,(H,22,23);1H. The summed E-state index contributed by atoms with van der Waals surface area (Å²) >= 11 is 1.66. The molecule has 0 saturated carbocycles. The minimum Gasteiger partial charge on any atom is -0.366 e. The predicted octanol–water partition coefficient (Wildman–Crippen LogP) is 3.71. The van der Waals surface area contributed by atoms with Gasteiger partial charge in [0.25, 0.3) is 5.91 Å². The Labute approximate surface area is 165 Å². The summed E-state index contributed by atoms with van der Waals surface area (Å²) in [6.07, 6.45) is 3.09. The summed E-state index contributed by atoms with van der Waals surface area (Å²) in [5.41, 5.74) is 2.46. The molecule has 1 aliphatic rings. The van der Waals surface area contributed by atoms with Gasteiger partial charge in [-0.2, -0.15) is 0 Å². The molecule has 1 aliphatic heterocycles. The number of unbranched alkanes of at least 4 members (excludes halogenated alkanes) is 1. The Hall–Kier alpha value is -1.40. The van der Waals surface area contributed by atoms with Gasteiger partial charge in [0.2, 0.25) is 0 Å². The van der Waals surface area contributed by atoms with Crippen LogP contribution in [0.2, 0.25) is 0 Å². The predicted molar refractivity (Wildman–Crippen MR) is 109 cm³/mol. The molecule has 1 amide bonds. The zero-order valence-corrected chi connectivity index (χ0v) is 16.7. The third-order valence-corrected chi connectivity index (χ3v) is 5.40. The first kappa shape index (κ1) is 20.9. The summed E-state index contributed by atoms with van der Waals surface area (Å²) in [5.74, 6) is -0.0549. The number of halogens is 1. The summed E-state index contributed by atoms with van der Waals surface area (Å²) in [5, 5.41) is 8.43. The minimum absolute atomic E-state index is 0. The van der Waals surface area contributed by atoms with Gasteiger partial charge in [-0.05, 0) is 35.4 Å². The number of benzene rings is 1. The number of hydrogen-bond donors (Lipinski definition) is 2. The number of carbonyl (C=O) groups excluding carboxylic acids is 1. The topological polar surface area (TPSA) is 50.4 Å². The van der Waals surface area contributed by atoms with Gasteiger partial charge in [-0.25, -0.2) is 0 Å². The van der Waals surface area contributed by atoms with Gasteiger partial charge in [-0.15, -0.1) is 23.7 Å². The van der Waals surface area contributed by atoms with Crippen molar-refractivity contribution in [2.24, 2.45) is 0 Å². The van der Waals surface area contributed by atoms with Crippen LogP contribution in [0.3, 0.4) is 0 Å². The average molecular weight is 395 g/mol. The highest BCUT2D eigenvalue weighted by Crippen LogP contribution is 2.27. The Morgan fingerprint density at radius 1 is 1.35 bits per heavy atom. The molecule has 2 N–H and O–H groups in total. The molecule has 26 heavy (non-hydrogen) atoms. The molecule has 1 aromatic heterocycles. The molecule has 2 atom stereocenters. The first-order valence-electron chi connectivity index (χ1n) is 9.03. The van der Waals surface area contributed by atoms with E-state index in [1.165, 1.54) is 18.4 Å². The highest BCUT2D eigenvalue weighted by Gasteiger charge is 2.26. The van der Waals surface area contributed by atoms with Gasteiger partial charge >= 0.3 is 0 Å². The lowest BCUT2D eigenvalue weighted by Gasteiger charge is -2.26. The largest absolute Gasteiger partial charge is 0.366 e. The van der Waals surface area contributed by atoms with Crippen molar-refractivity contribution >= 4 is 29.7 Å². The summed E-state index contributed by atoms with van der Waals surface area (Å²) in [6, 6.07) is 12.6. The second kappa shape index (κ2) is 10.7. The second-order valence-electron chi connectivity index (χ2n) is 6.37. The number of aryl methyl sites for hydroxylation is 1. The van der Waals surface area contributed by atoms with Gasteiger partial charge in [0, 0.05) is 18.0 Å². The zero-order chi connectivity index (χ0) is 17.5. The molecule has 0 radical (unpaired) electrons. The Morgan fingerprint density at radius 3 is 2.77 bits per heavy atom. The summed E-state index contributed by atoms with van der Waals surface area (Å²) < 4.78 is 5.59. The third-order valence-electron chi connectivity index (χ3n) is 4.47. The normalized spacial score (nSPS) is 18.0. The molecule has 3 rings (SSSR count). The highest BCUT2D eigenvalue weighted by molar-refractivity contribution is 7.10. The maximum Gasteiger partial charge on any atom is 0.251 e. The Balaban J connectivity index is 0.00000243. The van der Waals surface area contributed by atoms with Crippen molar-refractivity contribution in [3.8, 4) is 0 Å². The van der Waals surface area contributed by atoms with Crippen LogP contribution in [0.5, 0.6) is 0 Å². The molecule has 4 nitrogen and oxygen atoms in total. The first-order chi connectivity index (χ1) is 12.3. The lowest BCUT2D eigenvalue weighted by atomic mass is 10.0. The van der Waals surface area contributed by atoms with E-state index in [9.17, 15) is 4.79 Å². The smallest absolute Gasteiger partial charge is 0.251 e. The van der Waals surface area contributed by atoms with Gasteiger partial charge in [0.05, 0.1) is 12.6 Å². The number of rotatable bonds is 7. The van der Waals surface area contributed by atoms with Crippen molar-refractivity contribution in [3.63, 3.8) is 0 Å². The quantitative estimate of drug-likeness (QED) is 0.752. The van der Waals surface area contributed by atoms with Crippen molar-refractivity contribution < 1.29 is 9.53 Å². The number of morpholine rings is 1. The third kappa shape index (κ3) is 5.55. The van der Waals surface area contributed by atoms with Crippen LogP contribution < -0.4 is 10.6 Å². The van der Waals surface area contributed by atoms with E-state index < -0.39 is 6.10 Å². The monoisotopic (exact) mass is 394 g/mol. The number of carbonyl (C=O) groups is 1. The molecule has 2 aromatic rings. The van der Waals surface area contributed by atoms with E-state index in [0.29, 0.717) is 13.2 Å². The zero-order valence-electron chi connectivity index (χ0n) is 15.1. The second-order valence-corrected chi connectivity index (χ2v) is 7.34. The van der Waals surface area contributed by atoms with E-state index in [2.05, 4.69) is 47.9 Å². The number of thiophene rings is 1. The maximum atomic E-state index is 12.6. The van der Waals surface area contributed by atoms with Crippen LogP contribution in [0.25, 0.3) is 0 Å². The van der Waals surface area contributed by atoms with E-state index in [-0.39, 0.29) is 24.4 Å². The summed E-state index contributed by atoms with van der Waals surface area (Å²) in [6.45, 7) is 4.16. The van der Waals surface area contributed by atoms with Gasteiger partial charge in [0.15, 0.2) is 0 Å². The highest BCUT2D eigenvalue weighted by atomic mass is 35.5. The Bertz CT molecular complexity index is 655. The Kier molecular flexibility index (Phi) is 8.59. The van der Waals surface area contributed by atoms with Crippen molar-refractivity contribution in [1.82, 2.24) is 10.6 Å². The number of hydrogen-bond acceptors (Lipinski definition) is 4. The molecule has 2 unspecified atom stereocenters. The molecule has 2 heterocycles. The fourth-order valence-electron chi connectivity index (χ4n) is 3.00. The number of amides is 1. The van der Waals surface area contributed by atoms with Gasteiger partial charge in [0.1, 0.15) is 6.10 Å². The summed E-state index contributed by atoms with van der Waals surface area (Å²) in [4.78, 5) is 13.8. The van der Waals surface area contributed by atoms with Crippen LogP contribution in [0, 0.1) is 0 Å². The molecule has 0 aliphatic carbocycles. The molecule has 1 aromatic carbocycles. The molecule has 1 fully saturated rings. The maximum absolute atomic E-state index is 12.6. The van der Waals surface area contributed by atoms with Gasteiger partial charge < -0.3 is 15.4 Å². The van der Waals surface area contributed by atoms with E-state index in [0.717, 1.165) is 23.4 Å². The molecule has 0 bridgehead atoms. The average Bonchev–Trinajstić information content (AvgIpc) is 3.20. The molecule has 6 heteroatoms. The van der Waals surface area contributed by atoms with E-state index in [4.69, 9.17) is 4.74 Å². The lowest BCUT2D eigenvalue weighted by Crippen LogP contribution is -2.48. The van der Waals surface area contributed by atoms with E-state index in [1.807, 2.05) is 11.4 Å². The van der Waals surface area contributed by atoms with Crippen molar-refractivity contribution in [2.45, 2.75) is 38.3 Å². The SMILES string of the molecule is CCCCc1ccc(C(NC(=O)C2CNCCO2)c2cccs2)cc1.Cl. The van der Waals surface area contributed by atoms with Crippen molar-refractivity contribution in [2.75, 3.05) is 19.7 Å². The van der Waals surface area contributed by atoms with Crippen molar-refractivity contribution in [3.05, 3.63) is 57.8 Å². The fraction of sp³-hybridized carbons (Fsp3) is 0.450. The molecular weight excluding hydrogens is 368 g/mol. The van der Waals surface area contributed by atoms with Crippen LogP contribution in [0.15, 0.2) is 41.8 Å². The van der Waals surface area contributed by atoms with E-state index >= 15 is 0 Å². The Morgan fingerprint density at radius 2 is 2.15 bits per heavy atom. The first-order valence-corrected chi connectivity index (χ1v) is 9.91. The lowest BCUT2D eigenvalue weighted by molar-refractivity contribution is -0.134. The fourth-order valence-corrected chi connectivity index (χ4v) is 3.80. The number of ether oxygens (including phenoxy) is 1. The number of nitrogens with one attached hydrogen (secondary N) is 2. The van der Waals surface area contributed by atoms with Gasteiger partial charge in [-0.1, -0.05) is 43.7 Å². The van der Waals surface area contributed by atoms with Crippen LogP contribution in [0.1, 0.15) is 41.8 Å². The van der Waals surface area contributed by atoms with Crippen LogP contribution in [-0.4, -0.2) is 31.7 Å². The molecule has 1 saturated heterocycles. The van der Waals surface area contributed by atoms with Gasteiger partial charge in [-0.3, -0.25) is 4.79 Å². The van der Waals surface area contributed by atoms with E-state index in [1.54, 1.807) is 11.3 Å². The molecule has 142 valence electrons. The summed E-state index contributed by atoms with van der Waals surface area (Å²) in [7, 11) is 0. The van der Waals surface area contributed by atoms with Crippen LogP contribution >= 0.6 is 23.7 Å². The molecular formula is C20H27ClN2O2S. The van der Waals surface area contributed by atoms with Crippen LogP contribution in [0.4, 0.5) is 0 Å². The van der Waals surface area contributed by atoms with Crippen molar-refractivity contribution in [1.29, 1.82) is 0 Å². The minimum atomic E-state index is -0.417.